The van der Waals surface area contributed by atoms with E-state index >= 15 is 0 Å². The van der Waals surface area contributed by atoms with Crippen LogP contribution in [0.3, 0.4) is 0 Å². The largest absolute Gasteiger partial charge is 0.490 e. The van der Waals surface area contributed by atoms with Gasteiger partial charge in [0.05, 0.1) is 18.1 Å². The lowest BCUT2D eigenvalue weighted by atomic mass is 10.3. The van der Waals surface area contributed by atoms with Crippen molar-refractivity contribution in [3.8, 4) is 11.5 Å². The monoisotopic (exact) mass is 329 g/mol. The molecular weight excluding hydrogens is 302 g/mol. The van der Waals surface area contributed by atoms with Crippen LogP contribution in [0, 0.1) is 0 Å². The Morgan fingerprint density at radius 2 is 1.59 bits per heavy atom. The highest BCUT2D eigenvalue weighted by atomic mass is 32.2. The number of hydrogen-bond acceptors (Lipinski definition) is 4. The van der Waals surface area contributed by atoms with Crippen LogP contribution in [0.25, 0.3) is 0 Å². The molecule has 0 radical (unpaired) electrons. The van der Waals surface area contributed by atoms with Crippen molar-refractivity contribution in [2.24, 2.45) is 0 Å². The first-order chi connectivity index (χ1) is 10.5. The SMILES string of the molecule is CCCCNS(=O)(=O)c1ccc(OCCC)c(OCCC)c1. The Bertz CT molecular complexity index is 543. The minimum Gasteiger partial charge on any atom is -0.490 e. The van der Waals surface area contributed by atoms with Gasteiger partial charge in [0.25, 0.3) is 0 Å². The molecule has 126 valence electrons. The van der Waals surface area contributed by atoms with E-state index in [-0.39, 0.29) is 4.90 Å². The second kappa shape index (κ2) is 9.69. The lowest BCUT2D eigenvalue weighted by Gasteiger charge is -2.14. The van der Waals surface area contributed by atoms with Crippen molar-refractivity contribution in [1.82, 2.24) is 4.72 Å². The molecule has 0 amide bonds. The summed E-state index contributed by atoms with van der Waals surface area (Å²) < 4.78 is 38.3. The highest BCUT2D eigenvalue weighted by molar-refractivity contribution is 7.89. The lowest BCUT2D eigenvalue weighted by molar-refractivity contribution is 0.267. The predicted molar refractivity (Wildman–Crippen MR) is 88.1 cm³/mol. The van der Waals surface area contributed by atoms with E-state index < -0.39 is 10.0 Å². The van der Waals surface area contributed by atoms with Gasteiger partial charge in [0.2, 0.25) is 10.0 Å². The zero-order valence-corrected chi connectivity index (χ0v) is 14.5. The topological polar surface area (TPSA) is 64.6 Å². The maximum atomic E-state index is 12.3. The first-order valence-electron chi connectivity index (χ1n) is 7.94. The van der Waals surface area contributed by atoms with Crippen LogP contribution >= 0.6 is 0 Å². The van der Waals surface area contributed by atoms with Gasteiger partial charge in [0, 0.05) is 12.6 Å². The van der Waals surface area contributed by atoms with Crippen molar-refractivity contribution in [2.75, 3.05) is 19.8 Å². The Balaban J connectivity index is 2.96. The molecule has 0 bridgehead atoms. The molecule has 6 heteroatoms. The predicted octanol–water partition coefficient (Wildman–Crippen LogP) is 3.34. The maximum absolute atomic E-state index is 12.3. The van der Waals surface area contributed by atoms with Crippen molar-refractivity contribution in [1.29, 1.82) is 0 Å². The molecule has 0 heterocycles. The second-order valence-electron chi connectivity index (χ2n) is 5.06. The van der Waals surface area contributed by atoms with Crippen LogP contribution in [0.5, 0.6) is 11.5 Å². The van der Waals surface area contributed by atoms with Gasteiger partial charge in [0.1, 0.15) is 0 Å². The number of sulfonamides is 1. The lowest BCUT2D eigenvalue weighted by Crippen LogP contribution is -2.24. The number of unbranched alkanes of at least 4 members (excludes halogenated alkanes) is 1. The summed E-state index contributed by atoms with van der Waals surface area (Å²) in [5, 5.41) is 0. The molecule has 1 aromatic rings. The highest BCUT2D eigenvalue weighted by Gasteiger charge is 2.17. The van der Waals surface area contributed by atoms with Crippen molar-refractivity contribution in [3.63, 3.8) is 0 Å². The van der Waals surface area contributed by atoms with E-state index in [1.165, 1.54) is 6.07 Å². The molecule has 1 N–H and O–H groups in total. The summed E-state index contributed by atoms with van der Waals surface area (Å²) in [4.78, 5) is 0.207. The Labute approximate surface area is 134 Å². The summed E-state index contributed by atoms with van der Waals surface area (Å²) in [6, 6.07) is 4.75. The van der Waals surface area contributed by atoms with E-state index in [0.29, 0.717) is 31.3 Å². The molecule has 0 aliphatic rings. The zero-order valence-electron chi connectivity index (χ0n) is 13.7. The fourth-order valence-corrected chi connectivity index (χ4v) is 2.87. The number of nitrogens with one attached hydrogen (secondary N) is 1. The van der Waals surface area contributed by atoms with Crippen LogP contribution in [-0.2, 0) is 10.0 Å². The van der Waals surface area contributed by atoms with Crippen molar-refractivity contribution in [2.45, 2.75) is 51.3 Å². The van der Waals surface area contributed by atoms with Gasteiger partial charge in [-0.2, -0.15) is 0 Å². The third kappa shape index (κ3) is 5.85. The van der Waals surface area contributed by atoms with Crippen LogP contribution in [-0.4, -0.2) is 28.2 Å². The zero-order chi connectivity index (χ0) is 16.4. The van der Waals surface area contributed by atoms with Gasteiger partial charge in [-0.15, -0.1) is 0 Å². The molecule has 0 saturated carbocycles. The van der Waals surface area contributed by atoms with Crippen LogP contribution in [0.2, 0.25) is 0 Å². The van der Waals surface area contributed by atoms with E-state index in [4.69, 9.17) is 9.47 Å². The minimum absolute atomic E-state index is 0.207. The van der Waals surface area contributed by atoms with E-state index in [1.54, 1.807) is 12.1 Å². The van der Waals surface area contributed by atoms with E-state index in [1.807, 2.05) is 20.8 Å². The molecule has 0 aliphatic heterocycles. The van der Waals surface area contributed by atoms with Gasteiger partial charge < -0.3 is 9.47 Å². The van der Waals surface area contributed by atoms with Crippen LogP contribution in [0.15, 0.2) is 23.1 Å². The molecule has 0 fully saturated rings. The quantitative estimate of drug-likeness (QED) is 0.632. The first kappa shape index (κ1) is 18.8. The highest BCUT2D eigenvalue weighted by Crippen LogP contribution is 2.30. The van der Waals surface area contributed by atoms with Gasteiger partial charge in [0.15, 0.2) is 11.5 Å². The molecule has 0 unspecified atom stereocenters. The van der Waals surface area contributed by atoms with Crippen molar-refractivity contribution < 1.29 is 17.9 Å². The average Bonchev–Trinajstić information content (AvgIpc) is 2.51. The number of hydrogen-bond donors (Lipinski definition) is 1. The number of rotatable bonds is 11. The number of benzene rings is 1. The molecule has 5 nitrogen and oxygen atoms in total. The molecule has 0 atom stereocenters. The molecule has 0 saturated heterocycles. The van der Waals surface area contributed by atoms with Crippen LogP contribution < -0.4 is 14.2 Å². The fourth-order valence-electron chi connectivity index (χ4n) is 1.78. The van der Waals surface area contributed by atoms with Gasteiger partial charge in [-0.1, -0.05) is 27.2 Å². The summed E-state index contributed by atoms with van der Waals surface area (Å²) in [5.41, 5.74) is 0. The Hall–Kier alpha value is -1.27. The fraction of sp³-hybridized carbons (Fsp3) is 0.625. The second-order valence-corrected chi connectivity index (χ2v) is 6.82. The molecule has 1 aromatic carbocycles. The molecular formula is C16H27NO4S. The molecule has 0 aliphatic carbocycles. The van der Waals surface area contributed by atoms with Gasteiger partial charge in [-0.05, 0) is 31.4 Å². The molecule has 22 heavy (non-hydrogen) atoms. The molecule has 0 aromatic heterocycles. The Kier molecular flexibility index (Phi) is 8.27. The van der Waals surface area contributed by atoms with E-state index in [0.717, 1.165) is 25.7 Å². The van der Waals surface area contributed by atoms with E-state index in [2.05, 4.69) is 4.72 Å². The van der Waals surface area contributed by atoms with Gasteiger partial charge in [-0.3, -0.25) is 0 Å². The average molecular weight is 329 g/mol. The van der Waals surface area contributed by atoms with Crippen molar-refractivity contribution in [3.05, 3.63) is 18.2 Å². The summed E-state index contributed by atoms with van der Waals surface area (Å²) in [5.74, 6) is 1.07. The number of ether oxygens (including phenoxy) is 2. The molecule has 1 rings (SSSR count). The maximum Gasteiger partial charge on any atom is 0.240 e. The third-order valence-electron chi connectivity index (χ3n) is 2.97. The van der Waals surface area contributed by atoms with Gasteiger partial charge >= 0.3 is 0 Å². The summed E-state index contributed by atoms with van der Waals surface area (Å²) in [7, 11) is -3.50. The smallest absolute Gasteiger partial charge is 0.240 e. The summed E-state index contributed by atoms with van der Waals surface area (Å²) >= 11 is 0. The summed E-state index contributed by atoms with van der Waals surface area (Å²) in [6.07, 6.45) is 3.48. The van der Waals surface area contributed by atoms with Crippen LogP contribution in [0.4, 0.5) is 0 Å². The Morgan fingerprint density at radius 1 is 0.955 bits per heavy atom. The third-order valence-corrected chi connectivity index (χ3v) is 4.43. The normalized spacial score (nSPS) is 11.4. The van der Waals surface area contributed by atoms with E-state index in [9.17, 15) is 8.42 Å². The van der Waals surface area contributed by atoms with Crippen LogP contribution in [0.1, 0.15) is 46.5 Å². The standard InChI is InChI=1S/C16H27NO4S/c1-4-7-10-17-22(18,19)14-8-9-15(20-11-5-2)16(13-14)21-12-6-3/h8-9,13,17H,4-7,10-12H2,1-3H3. The first-order valence-corrected chi connectivity index (χ1v) is 9.42. The molecule has 0 spiro atoms. The van der Waals surface area contributed by atoms with Gasteiger partial charge in [-0.25, -0.2) is 13.1 Å². The minimum atomic E-state index is -3.50. The Morgan fingerprint density at radius 3 is 2.18 bits per heavy atom. The van der Waals surface area contributed by atoms with Crippen molar-refractivity contribution >= 4 is 10.0 Å². The summed E-state index contributed by atoms with van der Waals surface area (Å²) in [6.45, 7) is 7.57.